The maximum absolute atomic E-state index is 13.0. The highest BCUT2D eigenvalue weighted by molar-refractivity contribution is 6.53. The van der Waals surface area contributed by atoms with Crippen molar-refractivity contribution in [2.75, 3.05) is 6.54 Å². The van der Waals surface area contributed by atoms with Crippen LogP contribution in [0.5, 0.6) is 5.75 Å². The molecule has 142 valence electrons. The lowest BCUT2D eigenvalue weighted by Crippen LogP contribution is -2.44. The van der Waals surface area contributed by atoms with Gasteiger partial charge in [0.25, 0.3) is 0 Å². The van der Waals surface area contributed by atoms with Gasteiger partial charge in [0.15, 0.2) is 0 Å². The van der Waals surface area contributed by atoms with Crippen molar-refractivity contribution < 1.29 is 24.4 Å². The van der Waals surface area contributed by atoms with Crippen molar-refractivity contribution in [3.63, 3.8) is 0 Å². The minimum Gasteiger partial charge on any atom is -0.508 e. The highest BCUT2D eigenvalue weighted by atomic mass is 16.5. The minimum absolute atomic E-state index is 0.0923. The van der Waals surface area contributed by atoms with Gasteiger partial charge in [-0.15, -0.1) is 0 Å². The Hall–Kier alpha value is -2.12. The number of carbonyl (C=O) groups excluding carboxylic acids is 2. The third-order valence-corrected chi connectivity index (χ3v) is 6.18. The quantitative estimate of drug-likeness (QED) is 0.630. The molecule has 4 rings (SSSR count). The van der Waals surface area contributed by atoms with Gasteiger partial charge < -0.3 is 14.8 Å². The third kappa shape index (κ3) is 2.80. The van der Waals surface area contributed by atoms with Gasteiger partial charge in [-0.25, -0.2) is 0 Å². The number of imide groups is 1. The van der Waals surface area contributed by atoms with Crippen molar-refractivity contribution in [2.24, 2.45) is 17.8 Å². The fourth-order valence-corrected chi connectivity index (χ4v) is 5.03. The van der Waals surface area contributed by atoms with Gasteiger partial charge in [-0.05, 0) is 43.6 Å². The van der Waals surface area contributed by atoms with E-state index in [1.807, 2.05) is 13.8 Å². The van der Waals surface area contributed by atoms with E-state index in [4.69, 9.17) is 4.65 Å². The van der Waals surface area contributed by atoms with E-state index in [0.717, 1.165) is 17.5 Å². The number of fused-ring (bicyclic) bond motifs is 3. The summed E-state index contributed by atoms with van der Waals surface area (Å²) < 4.78 is 5.81. The number of likely N-dealkylation sites (tertiary alicyclic amines) is 1. The molecule has 0 spiro atoms. The summed E-state index contributed by atoms with van der Waals surface area (Å²) in [6.07, 6.45) is 1.15. The topological polar surface area (TPSA) is 87.1 Å². The van der Waals surface area contributed by atoms with Crippen LogP contribution in [0.25, 0.3) is 0 Å². The molecule has 3 aliphatic rings. The molecule has 0 saturated carbocycles. The van der Waals surface area contributed by atoms with Crippen LogP contribution in [0.1, 0.15) is 44.8 Å². The summed E-state index contributed by atoms with van der Waals surface area (Å²) in [5.41, 5.74) is 2.27. The van der Waals surface area contributed by atoms with Crippen molar-refractivity contribution in [1.29, 1.82) is 0 Å². The molecule has 2 heterocycles. The van der Waals surface area contributed by atoms with Crippen LogP contribution < -0.4 is 0 Å². The SMILES string of the molecule is CCCN1C(=O)[C@H]2[C@H](CC(C)=C3B(O)O[C@H](c4ccccc4O)C[C@H]32)C1=O. The lowest BCUT2D eigenvalue weighted by Gasteiger charge is -2.41. The second-order valence-corrected chi connectivity index (χ2v) is 7.78. The average molecular weight is 369 g/mol. The Bertz CT molecular complexity index is 822. The van der Waals surface area contributed by atoms with Crippen molar-refractivity contribution in [3.8, 4) is 5.75 Å². The molecule has 2 saturated heterocycles. The molecule has 6 nitrogen and oxygen atoms in total. The molecule has 1 aliphatic carbocycles. The maximum Gasteiger partial charge on any atom is 0.487 e. The number of hydrogen-bond donors (Lipinski definition) is 2. The van der Waals surface area contributed by atoms with E-state index >= 15 is 0 Å². The van der Waals surface area contributed by atoms with E-state index in [0.29, 0.717) is 24.9 Å². The van der Waals surface area contributed by atoms with Crippen molar-refractivity contribution >= 4 is 18.9 Å². The van der Waals surface area contributed by atoms with E-state index in [-0.39, 0.29) is 29.4 Å². The fourth-order valence-electron chi connectivity index (χ4n) is 5.03. The summed E-state index contributed by atoms with van der Waals surface area (Å²) in [4.78, 5) is 27.2. The normalized spacial score (nSPS) is 30.6. The molecule has 0 bridgehead atoms. The summed E-state index contributed by atoms with van der Waals surface area (Å²) in [5, 5.41) is 20.9. The van der Waals surface area contributed by atoms with Gasteiger partial charge in [0.2, 0.25) is 11.8 Å². The summed E-state index contributed by atoms with van der Waals surface area (Å²) in [5.74, 6) is -1.18. The fraction of sp³-hybridized carbons (Fsp3) is 0.500. The Morgan fingerprint density at radius 1 is 1.22 bits per heavy atom. The van der Waals surface area contributed by atoms with E-state index in [2.05, 4.69) is 0 Å². The summed E-state index contributed by atoms with van der Waals surface area (Å²) in [7, 11) is -1.13. The summed E-state index contributed by atoms with van der Waals surface area (Å²) in [6, 6.07) is 6.88. The zero-order valence-corrected chi connectivity index (χ0v) is 15.6. The monoisotopic (exact) mass is 369 g/mol. The van der Waals surface area contributed by atoms with Crippen LogP contribution in [0.15, 0.2) is 35.3 Å². The zero-order valence-electron chi connectivity index (χ0n) is 15.6. The number of hydrogen-bond acceptors (Lipinski definition) is 5. The highest BCUT2D eigenvalue weighted by Crippen LogP contribution is 2.51. The number of amides is 2. The van der Waals surface area contributed by atoms with E-state index < -0.39 is 19.1 Å². The third-order valence-electron chi connectivity index (χ3n) is 6.18. The van der Waals surface area contributed by atoms with Gasteiger partial charge in [-0.2, -0.15) is 0 Å². The Morgan fingerprint density at radius 2 is 1.96 bits per heavy atom. The average Bonchev–Trinajstić information content (AvgIpc) is 2.87. The standard InChI is InChI=1S/C20H24BNO5/c1-3-8-22-19(24)14-9-11(2)18-13(17(14)20(22)25)10-16(27-21(18)26)12-6-4-5-7-15(12)23/h4-7,13-14,16-17,23,26H,3,8-10H2,1-2H3/t13-,14-,16-,17+/m0/s1. The van der Waals surface area contributed by atoms with Crippen LogP contribution >= 0.6 is 0 Å². The molecular formula is C20H24BNO5. The first-order valence-electron chi connectivity index (χ1n) is 9.60. The smallest absolute Gasteiger partial charge is 0.487 e. The lowest BCUT2D eigenvalue weighted by molar-refractivity contribution is -0.140. The molecule has 1 aromatic rings. The van der Waals surface area contributed by atoms with Crippen LogP contribution in [-0.2, 0) is 14.2 Å². The van der Waals surface area contributed by atoms with Gasteiger partial charge in [0.05, 0.1) is 17.9 Å². The molecule has 0 aromatic heterocycles. The molecule has 4 atom stereocenters. The number of para-hydroxylation sites is 1. The highest BCUT2D eigenvalue weighted by Gasteiger charge is 2.57. The molecular weight excluding hydrogens is 345 g/mol. The first kappa shape index (κ1) is 18.3. The number of benzene rings is 1. The molecule has 2 aliphatic heterocycles. The molecule has 2 amide bonds. The maximum atomic E-state index is 13.0. The summed E-state index contributed by atoms with van der Waals surface area (Å²) in [6.45, 7) is 4.29. The molecule has 2 fully saturated rings. The molecule has 27 heavy (non-hydrogen) atoms. The first-order valence-corrected chi connectivity index (χ1v) is 9.60. The van der Waals surface area contributed by atoms with Crippen LogP contribution in [0.4, 0.5) is 0 Å². The van der Waals surface area contributed by atoms with E-state index in [1.54, 1.807) is 24.3 Å². The number of nitrogens with zero attached hydrogens (tertiary/aromatic N) is 1. The minimum atomic E-state index is -1.13. The van der Waals surface area contributed by atoms with Gasteiger partial charge >= 0.3 is 7.12 Å². The van der Waals surface area contributed by atoms with Crippen LogP contribution in [0, 0.1) is 17.8 Å². The number of carbonyl (C=O) groups is 2. The molecule has 0 unspecified atom stereocenters. The predicted molar refractivity (Wildman–Crippen MR) is 99.3 cm³/mol. The number of rotatable bonds is 3. The van der Waals surface area contributed by atoms with E-state index in [9.17, 15) is 19.7 Å². The van der Waals surface area contributed by atoms with Gasteiger partial charge in [0.1, 0.15) is 5.75 Å². The Morgan fingerprint density at radius 3 is 2.67 bits per heavy atom. The molecule has 1 aromatic carbocycles. The Kier molecular flexibility index (Phi) is 4.60. The van der Waals surface area contributed by atoms with Gasteiger partial charge in [0, 0.05) is 12.1 Å². The zero-order chi connectivity index (χ0) is 19.3. The Balaban J connectivity index is 1.71. The number of phenols is 1. The molecule has 7 heteroatoms. The predicted octanol–water partition coefficient (Wildman–Crippen LogP) is 2.22. The van der Waals surface area contributed by atoms with E-state index in [1.165, 1.54) is 4.90 Å². The number of allylic oxidation sites excluding steroid dienone is 2. The number of phenolic OH excluding ortho intramolecular Hbond substituents is 1. The largest absolute Gasteiger partial charge is 0.508 e. The lowest BCUT2D eigenvalue weighted by atomic mass is 9.55. The van der Waals surface area contributed by atoms with Gasteiger partial charge in [-0.1, -0.05) is 30.7 Å². The second kappa shape index (κ2) is 6.80. The second-order valence-electron chi connectivity index (χ2n) is 7.78. The van der Waals surface area contributed by atoms with Crippen LogP contribution in [-0.4, -0.2) is 40.5 Å². The van der Waals surface area contributed by atoms with Crippen molar-refractivity contribution in [1.82, 2.24) is 4.90 Å². The van der Waals surface area contributed by atoms with Crippen LogP contribution in [0.3, 0.4) is 0 Å². The molecule has 2 N–H and O–H groups in total. The van der Waals surface area contributed by atoms with Crippen molar-refractivity contribution in [3.05, 3.63) is 40.9 Å². The number of aromatic hydroxyl groups is 1. The first-order chi connectivity index (χ1) is 12.9. The Labute approximate surface area is 159 Å². The van der Waals surface area contributed by atoms with Gasteiger partial charge in [-0.3, -0.25) is 14.5 Å². The van der Waals surface area contributed by atoms with Crippen LogP contribution in [0.2, 0.25) is 0 Å². The molecule has 0 radical (unpaired) electrons. The summed E-state index contributed by atoms with van der Waals surface area (Å²) >= 11 is 0. The van der Waals surface area contributed by atoms with Crippen molar-refractivity contribution in [2.45, 2.75) is 39.2 Å².